The number of rotatable bonds is 5. The van der Waals surface area contributed by atoms with Crippen LogP contribution in [0.25, 0.3) is 0 Å². The lowest BCUT2D eigenvalue weighted by molar-refractivity contribution is 0.0184. The fraction of sp³-hybridized carbons (Fsp3) is 0.667. The number of hydrogen-bond acceptors (Lipinski definition) is 4. The first-order chi connectivity index (χ1) is 10.9. The molecule has 0 unspecified atom stereocenters. The summed E-state index contributed by atoms with van der Waals surface area (Å²) in [6.07, 6.45) is 6.60. The molecule has 1 fully saturated rings. The molecule has 23 heavy (non-hydrogen) atoms. The highest BCUT2D eigenvalue weighted by atomic mass is 16.6. The first-order valence-corrected chi connectivity index (χ1v) is 8.51. The minimum Gasteiger partial charge on any atom is -0.444 e. The molecule has 0 aliphatic carbocycles. The average Bonchev–Trinajstić information content (AvgIpc) is 2.51. The molecule has 5 heteroatoms. The summed E-state index contributed by atoms with van der Waals surface area (Å²) in [5.41, 5.74) is 0.898. The van der Waals surface area contributed by atoms with E-state index in [0.29, 0.717) is 5.92 Å². The van der Waals surface area contributed by atoms with Crippen LogP contribution in [0.3, 0.4) is 0 Å². The molecule has 0 atom stereocenters. The molecular weight excluding hydrogens is 290 g/mol. The smallest absolute Gasteiger partial charge is 0.410 e. The van der Waals surface area contributed by atoms with E-state index in [9.17, 15) is 4.79 Å². The Kier molecular flexibility index (Phi) is 6.39. The lowest BCUT2D eigenvalue weighted by Crippen LogP contribution is -2.43. The number of likely N-dealkylation sites (tertiary alicyclic amines) is 1. The summed E-state index contributed by atoms with van der Waals surface area (Å²) < 4.78 is 5.43. The van der Waals surface area contributed by atoms with Gasteiger partial charge in [-0.15, -0.1) is 0 Å². The number of piperidine rings is 1. The third-order valence-corrected chi connectivity index (χ3v) is 4.04. The molecule has 0 saturated carbocycles. The number of hydrogen-bond donors (Lipinski definition) is 1. The minimum atomic E-state index is -0.414. The van der Waals surface area contributed by atoms with Gasteiger partial charge in [0.15, 0.2) is 0 Å². The number of aromatic nitrogens is 1. The Labute approximate surface area is 139 Å². The van der Waals surface area contributed by atoms with Crippen molar-refractivity contribution >= 4 is 6.09 Å². The van der Waals surface area contributed by atoms with Gasteiger partial charge in [-0.3, -0.25) is 4.98 Å². The maximum absolute atomic E-state index is 12.0. The highest BCUT2D eigenvalue weighted by Crippen LogP contribution is 2.19. The van der Waals surface area contributed by atoms with E-state index in [0.717, 1.165) is 45.4 Å². The molecule has 1 aliphatic rings. The molecule has 1 N–H and O–H groups in total. The van der Waals surface area contributed by atoms with Crippen LogP contribution in [0, 0.1) is 5.92 Å². The molecule has 1 aliphatic heterocycles. The molecule has 0 spiro atoms. The van der Waals surface area contributed by atoms with Crippen molar-refractivity contribution in [2.75, 3.05) is 26.2 Å². The lowest BCUT2D eigenvalue weighted by Gasteiger charge is -2.33. The minimum absolute atomic E-state index is 0.179. The molecule has 1 saturated heterocycles. The molecule has 0 aromatic carbocycles. The van der Waals surface area contributed by atoms with Gasteiger partial charge in [-0.05, 0) is 76.7 Å². The first-order valence-electron chi connectivity index (χ1n) is 8.51. The zero-order valence-electron chi connectivity index (χ0n) is 14.5. The Hall–Kier alpha value is -1.62. The zero-order chi connectivity index (χ0) is 16.7. The van der Waals surface area contributed by atoms with Crippen molar-refractivity contribution in [2.24, 2.45) is 5.92 Å². The van der Waals surface area contributed by atoms with E-state index < -0.39 is 5.60 Å². The van der Waals surface area contributed by atoms with Crippen LogP contribution < -0.4 is 5.32 Å². The Morgan fingerprint density at radius 2 is 1.96 bits per heavy atom. The summed E-state index contributed by atoms with van der Waals surface area (Å²) in [5, 5.41) is 3.53. The van der Waals surface area contributed by atoms with Gasteiger partial charge in [-0.25, -0.2) is 4.79 Å². The van der Waals surface area contributed by atoms with E-state index in [1.807, 2.05) is 38.1 Å². The molecule has 128 valence electrons. The highest BCUT2D eigenvalue weighted by molar-refractivity contribution is 5.68. The molecule has 1 amide bonds. The molecule has 2 heterocycles. The number of carbonyl (C=O) groups excluding carboxylic acids is 1. The lowest BCUT2D eigenvalue weighted by atomic mass is 9.97. The number of amides is 1. The van der Waals surface area contributed by atoms with Gasteiger partial charge in [0.2, 0.25) is 0 Å². The van der Waals surface area contributed by atoms with E-state index in [4.69, 9.17) is 4.74 Å². The first kappa shape index (κ1) is 17.7. The Morgan fingerprint density at radius 3 is 2.57 bits per heavy atom. The summed E-state index contributed by atoms with van der Waals surface area (Å²) in [6, 6.07) is 4.11. The summed E-state index contributed by atoms with van der Waals surface area (Å²) in [6.45, 7) is 9.32. The van der Waals surface area contributed by atoms with Gasteiger partial charge in [0.25, 0.3) is 0 Å². The van der Waals surface area contributed by atoms with Crippen molar-refractivity contribution < 1.29 is 9.53 Å². The van der Waals surface area contributed by atoms with Crippen molar-refractivity contribution in [1.82, 2.24) is 15.2 Å². The summed E-state index contributed by atoms with van der Waals surface area (Å²) in [7, 11) is 0. The normalized spacial score (nSPS) is 16.4. The molecule has 1 aromatic rings. The van der Waals surface area contributed by atoms with Crippen LogP contribution in [-0.2, 0) is 11.2 Å². The highest BCUT2D eigenvalue weighted by Gasteiger charge is 2.26. The van der Waals surface area contributed by atoms with Gasteiger partial charge in [-0.2, -0.15) is 0 Å². The second kappa shape index (κ2) is 8.29. The molecule has 2 rings (SSSR count). The quantitative estimate of drug-likeness (QED) is 0.848. The van der Waals surface area contributed by atoms with E-state index in [-0.39, 0.29) is 6.09 Å². The van der Waals surface area contributed by atoms with E-state index >= 15 is 0 Å². The SMILES string of the molecule is CC(C)(C)OC(=O)N1CCC(CNCCc2ccncc2)CC1. The van der Waals surface area contributed by atoms with E-state index in [1.54, 1.807) is 0 Å². The number of nitrogens with zero attached hydrogens (tertiary/aromatic N) is 2. The molecule has 5 nitrogen and oxygen atoms in total. The van der Waals surface area contributed by atoms with Crippen LogP contribution in [0.15, 0.2) is 24.5 Å². The van der Waals surface area contributed by atoms with Crippen molar-refractivity contribution in [3.8, 4) is 0 Å². The third kappa shape index (κ3) is 6.57. The van der Waals surface area contributed by atoms with Crippen LogP contribution in [0.5, 0.6) is 0 Å². The van der Waals surface area contributed by atoms with Crippen molar-refractivity contribution in [2.45, 2.75) is 45.6 Å². The summed E-state index contributed by atoms with van der Waals surface area (Å²) >= 11 is 0. The number of ether oxygens (including phenoxy) is 1. The second-order valence-corrected chi connectivity index (χ2v) is 7.22. The summed E-state index contributed by atoms with van der Waals surface area (Å²) in [5.74, 6) is 0.645. The third-order valence-electron chi connectivity index (χ3n) is 4.04. The van der Waals surface area contributed by atoms with Crippen LogP contribution >= 0.6 is 0 Å². The number of nitrogens with one attached hydrogen (secondary N) is 1. The maximum Gasteiger partial charge on any atom is 0.410 e. The van der Waals surface area contributed by atoms with Gasteiger partial charge in [-0.1, -0.05) is 0 Å². The van der Waals surface area contributed by atoms with Crippen LogP contribution in [-0.4, -0.2) is 47.8 Å². The van der Waals surface area contributed by atoms with E-state index in [1.165, 1.54) is 5.56 Å². The predicted molar refractivity (Wildman–Crippen MR) is 91.3 cm³/mol. The van der Waals surface area contributed by atoms with Gasteiger partial charge in [0, 0.05) is 25.5 Å². The van der Waals surface area contributed by atoms with Crippen LogP contribution in [0.1, 0.15) is 39.2 Å². The van der Waals surface area contributed by atoms with Gasteiger partial charge in [0.1, 0.15) is 5.60 Å². The Morgan fingerprint density at radius 1 is 1.30 bits per heavy atom. The number of carbonyl (C=O) groups is 1. The Balaban J connectivity index is 1.60. The number of pyridine rings is 1. The molecule has 1 aromatic heterocycles. The molecule has 0 radical (unpaired) electrons. The monoisotopic (exact) mass is 319 g/mol. The van der Waals surface area contributed by atoms with Gasteiger partial charge < -0.3 is 15.0 Å². The average molecular weight is 319 g/mol. The Bertz CT molecular complexity index is 477. The zero-order valence-corrected chi connectivity index (χ0v) is 14.5. The van der Waals surface area contributed by atoms with Gasteiger partial charge >= 0.3 is 6.09 Å². The standard InChI is InChI=1S/C18H29N3O2/c1-18(2,3)23-17(22)21-12-7-16(8-13-21)14-20-11-6-15-4-9-19-10-5-15/h4-5,9-10,16,20H,6-8,11-14H2,1-3H3. The topological polar surface area (TPSA) is 54.5 Å². The van der Waals surface area contributed by atoms with Crippen LogP contribution in [0.2, 0.25) is 0 Å². The van der Waals surface area contributed by atoms with Crippen LogP contribution in [0.4, 0.5) is 4.79 Å². The van der Waals surface area contributed by atoms with E-state index in [2.05, 4.69) is 22.4 Å². The summed E-state index contributed by atoms with van der Waals surface area (Å²) in [4.78, 5) is 17.9. The second-order valence-electron chi connectivity index (χ2n) is 7.22. The van der Waals surface area contributed by atoms with Crippen molar-refractivity contribution in [3.05, 3.63) is 30.1 Å². The molecule has 0 bridgehead atoms. The molecular formula is C18H29N3O2. The fourth-order valence-corrected chi connectivity index (χ4v) is 2.73. The maximum atomic E-state index is 12.0. The van der Waals surface area contributed by atoms with Gasteiger partial charge in [0.05, 0.1) is 0 Å². The largest absolute Gasteiger partial charge is 0.444 e. The fourth-order valence-electron chi connectivity index (χ4n) is 2.73. The van der Waals surface area contributed by atoms with Crippen molar-refractivity contribution in [3.63, 3.8) is 0 Å². The predicted octanol–water partition coefficient (Wildman–Crippen LogP) is 2.86. The van der Waals surface area contributed by atoms with Crippen molar-refractivity contribution in [1.29, 1.82) is 0 Å².